The number of hydrogen-bond donors (Lipinski definition) is 3. The molecule has 0 aromatic heterocycles. The monoisotopic (exact) mass is 237 g/mol. The number of carboxylic acids is 1. The van der Waals surface area contributed by atoms with Gasteiger partial charge in [0.2, 0.25) is 0 Å². The SMILES string of the molecule is Cl.NCCCC[C@H](N)C(=O)O.[Mn]. The van der Waals surface area contributed by atoms with Crippen LogP contribution in [0.25, 0.3) is 0 Å². The van der Waals surface area contributed by atoms with Crippen LogP contribution >= 0.6 is 12.4 Å². The van der Waals surface area contributed by atoms with Crippen LogP contribution < -0.4 is 11.5 Å². The fourth-order valence-corrected chi connectivity index (χ4v) is 0.632. The second kappa shape index (κ2) is 11.2. The molecule has 0 spiro atoms. The summed E-state index contributed by atoms with van der Waals surface area (Å²) in [5.74, 6) is -0.933. The van der Waals surface area contributed by atoms with Crippen LogP contribution in [0.4, 0.5) is 0 Å². The van der Waals surface area contributed by atoms with Gasteiger partial charge in [-0.15, -0.1) is 12.4 Å². The van der Waals surface area contributed by atoms with E-state index in [1.165, 1.54) is 0 Å². The minimum Gasteiger partial charge on any atom is -0.480 e. The first-order valence-corrected chi connectivity index (χ1v) is 3.37. The average Bonchev–Trinajstić information content (AvgIpc) is 1.88. The van der Waals surface area contributed by atoms with Crippen molar-refractivity contribution in [3.8, 4) is 0 Å². The van der Waals surface area contributed by atoms with E-state index in [0.717, 1.165) is 12.8 Å². The minimum atomic E-state index is -0.933. The van der Waals surface area contributed by atoms with Crippen LogP contribution in [-0.2, 0) is 21.9 Å². The van der Waals surface area contributed by atoms with Gasteiger partial charge in [-0.3, -0.25) is 4.79 Å². The van der Waals surface area contributed by atoms with Gasteiger partial charge in [0.05, 0.1) is 0 Å². The Morgan fingerprint density at radius 1 is 1.42 bits per heavy atom. The van der Waals surface area contributed by atoms with Crippen molar-refractivity contribution in [1.82, 2.24) is 0 Å². The summed E-state index contributed by atoms with van der Waals surface area (Å²) >= 11 is 0. The quantitative estimate of drug-likeness (QED) is 0.462. The number of nitrogens with two attached hydrogens (primary N) is 2. The topological polar surface area (TPSA) is 89.3 Å². The Balaban J connectivity index is -0.000000405. The summed E-state index contributed by atoms with van der Waals surface area (Å²) in [6.45, 7) is 0.604. The Morgan fingerprint density at radius 2 is 1.92 bits per heavy atom. The van der Waals surface area contributed by atoms with Crippen LogP contribution in [0.15, 0.2) is 0 Å². The molecule has 0 aliphatic rings. The molecular formula is C6H15ClMnN2O2. The van der Waals surface area contributed by atoms with Crippen molar-refractivity contribution < 1.29 is 27.0 Å². The Kier molecular flexibility index (Phi) is 16.9. The molecule has 0 saturated carbocycles. The van der Waals surface area contributed by atoms with Crippen LogP contribution in [0.5, 0.6) is 0 Å². The molecule has 75 valence electrons. The van der Waals surface area contributed by atoms with Gasteiger partial charge in [0.1, 0.15) is 6.04 Å². The minimum absolute atomic E-state index is 0. The van der Waals surface area contributed by atoms with Crippen molar-refractivity contribution in [1.29, 1.82) is 0 Å². The molecule has 0 aromatic carbocycles. The van der Waals surface area contributed by atoms with E-state index in [4.69, 9.17) is 16.6 Å². The number of halogens is 1. The molecule has 5 N–H and O–H groups in total. The van der Waals surface area contributed by atoms with Gasteiger partial charge in [0, 0.05) is 17.1 Å². The van der Waals surface area contributed by atoms with Crippen LogP contribution in [-0.4, -0.2) is 23.7 Å². The molecule has 0 saturated heterocycles. The van der Waals surface area contributed by atoms with Crippen molar-refractivity contribution >= 4 is 18.4 Å². The molecule has 0 aromatic rings. The fourth-order valence-electron chi connectivity index (χ4n) is 0.632. The molecule has 0 aliphatic carbocycles. The van der Waals surface area contributed by atoms with Crippen molar-refractivity contribution in [3.05, 3.63) is 0 Å². The van der Waals surface area contributed by atoms with E-state index in [1.54, 1.807) is 0 Å². The van der Waals surface area contributed by atoms with Gasteiger partial charge < -0.3 is 16.6 Å². The number of hydrogen-bond acceptors (Lipinski definition) is 3. The first kappa shape index (κ1) is 18.1. The first-order valence-electron chi connectivity index (χ1n) is 3.37. The van der Waals surface area contributed by atoms with E-state index in [0.29, 0.717) is 13.0 Å². The third-order valence-corrected chi connectivity index (χ3v) is 1.29. The van der Waals surface area contributed by atoms with Crippen molar-refractivity contribution in [2.75, 3.05) is 6.54 Å². The first-order chi connectivity index (χ1) is 4.68. The van der Waals surface area contributed by atoms with Crippen LogP contribution in [0, 0.1) is 0 Å². The van der Waals surface area contributed by atoms with Crippen LogP contribution in [0.3, 0.4) is 0 Å². The summed E-state index contributed by atoms with van der Waals surface area (Å²) in [5.41, 5.74) is 10.4. The zero-order valence-corrected chi connectivity index (χ0v) is 8.70. The van der Waals surface area contributed by atoms with E-state index < -0.39 is 12.0 Å². The maximum absolute atomic E-state index is 10.1. The molecule has 0 rings (SSSR count). The van der Waals surface area contributed by atoms with Gasteiger partial charge in [0.15, 0.2) is 0 Å². The molecule has 0 unspecified atom stereocenters. The number of aliphatic carboxylic acids is 1. The molecule has 0 amide bonds. The molecule has 0 fully saturated rings. The summed E-state index contributed by atoms with van der Waals surface area (Å²) in [7, 11) is 0. The van der Waals surface area contributed by atoms with E-state index in [-0.39, 0.29) is 29.5 Å². The van der Waals surface area contributed by atoms with E-state index in [9.17, 15) is 4.79 Å². The van der Waals surface area contributed by atoms with Crippen LogP contribution in [0.1, 0.15) is 19.3 Å². The van der Waals surface area contributed by atoms with E-state index in [2.05, 4.69) is 0 Å². The maximum atomic E-state index is 10.1. The average molecular weight is 238 g/mol. The standard InChI is InChI=1S/C6H14N2O2.ClH.Mn/c7-4-2-1-3-5(8)6(9)10;;/h5H,1-4,7-8H2,(H,9,10);1H;/t5-;;/m0../s1. The molecule has 0 aliphatic heterocycles. The number of unbranched alkanes of at least 4 members (excludes halogenated alkanes) is 1. The second-order valence-electron chi connectivity index (χ2n) is 2.23. The molecule has 1 atom stereocenters. The smallest absolute Gasteiger partial charge is 0.320 e. The maximum Gasteiger partial charge on any atom is 0.320 e. The Hall–Kier alpha value is 0.199. The summed E-state index contributed by atoms with van der Waals surface area (Å²) in [6.07, 6.45) is 2.16. The van der Waals surface area contributed by atoms with Gasteiger partial charge in [0.25, 0.3) is 0 Å². The third-order valence-electron chi connectivity index (χ3n) is 1.29. The largest absolute Gasteiger partial charge is 0.480 e. The summed E-state index contributed by atoms with van der Waals surface area (Å²) in [6, 6.07) is -0.716. The summed E-state index contributed by atoms with van der Waals surface area (Å²) in [4.78, 5) is 10.1. The normalized spacial score (nSPS) is 10.8. The Morgan fingerprint density at radius 3 is 2.25 bits per heavy atom. The molecule has 0 bridgehead atoms. The zero-order chi connectivity index (χ0) is 7.98. The summed E-state index contributed by atoms with van der Waals surface area (Å²) < 4.78 is 0. The fraction of sp³-hybridized carbons (Fsp3) is 0.833. The molecule has 4 nitrogen and oxygen atoms in total. The van der Waals surface area contributed by atoms with E-state index in [1.807, 2.05) is 0 Å². The van der Waals surface area contributed by atoms with Gasteiger partial charge in [-0.1, -0.05) is 6.42 Å². The zero-order valence-electron chi connectivity index (χ0n) is 6.70. The van der Waals surface area contributed by atoms with Gasteiger partial charge in [-0.05, 0) is 19.4 Å². The third kappa shape index (κ3) is 10.2. The van der Waals surface area contributed by atoms with E-state index >= 15 is 0 Å². The van der Waals surface area contributed by atoms with Gasteiger partial charge in [-0.2, -0.15) is 0 Å². The second-order valence-corrected chi connectivity index (χ2v) is 2.23. The number of carbonyl (C=O) groups is 1. The Bertz CT molecular complexity index is 116. The molecule has 6 heteroatoms. The molecular weight excluding hydrogens is 222 g/mol. The molecule has 1 radical (unpaired) electrons. The molecule has 12 heavy (non-hydrogen) atoms. The Labute approximate surface area is 88.9 Å². The van der Waals surface area contributed by atoms with Crippen LogP contribution in [0.2, 0.25) is 0 Å². The molecule has 0 heterocycles. The van der Waals surface area contributed by atoms with Gasteiger partial charge in [-0.25, -0.2) is 0 Å². The number of rotatable bonds is 5. The van der Waals surface area contributed by atoms with Gasteiger partial charge >= 0.3 is 5.97 Å². The van der Waals surface area contributed by atoms with Crippen molar-refractivity contribution in [2.24, 2.45) is 11.5 Å². The predicted octanol–water partition coefficient (Wildman–Crippen LogP) is -0.0534. The van der Waals surface area contributed by atoms with Crippen molar-refractivity contribution in [3.63, 3.8) is 0 Å². The van der Waals surface area contributed by atoms with Crippen molar-refractivity contribution in [2.45, 2.75) is 25.3 Å². The predicted molar refractivity (Wildman–Crippen MR) is 45.8 cm³/mol. The number of carboxylic acid groups (broad SMARTS) is 1. The summed E-state index contributed by atoms with van der Waals surface area (Å²) in [5, 5.41) is 8.33.